The van der Waals surface area contributed by atoms with E-state index < -0.39 is 0 Å². The summed E-state index contributed by atoms with van der Waals surface area (Å²) in [5.74, 6) is 2.45. The van der Waals surface area contributed by atoms with Crippen LogP contribution in [0, 0.1) is 39.9 Å². The summed E-state index contributed by atoms with van der Waals surface area (Å²) in [4.78, 5) is 23.6. The highest BCUT2D eigenvalue weighted by molar-refractivity contribution is 5.66. The van der Waals surface area contributed by atoms with E-state index >= 15 is 0 Å². The quantitative estimate of drug-likeness (QED) is 0.668. The standard InChI is InChI=1S/C23H34O4/c1-13(24)26-19-6-5-17-16-11-20(27-14(2)25)23-12-15(23)7-10-22(23,4)18(16)8-9-21(17,19)3/h15-20H,5-12H2,1-4H3/t15-,16+,17-,18+,19-,20+,21+,22-,23+/m1/s1. The number of hydrogen-bond donors (Lipinski definition) is 0. The van der Waals surface area contributed by atoms with Crippen LogP contribution >= 0.6 is 0 Å². The first-order chi connectivity index (χ1) is 12.7. The summed E-state index contributed by atoms with van der Waals surface area (Å²) in [5, 5.41) is 0. The van der Waals surface area contributed by atoms with Crippen LogP contribution in [0.2, 0.25) is 0 Å². The molecule has 5 rings (SSSR count). The van der Waals surface area contributed by atoms with Crippen molar-refractivity contribution in [2.75, 3.05) is 0 Å². The van der Waals surface area contributed by atoms with Crippen molar-refractivity contribution in [2.45, 2.75) is 91.3 Å². The monoisotopic (exact) mass is 374 g/mol. The average molecular weight is 375 g/mol. The van der Waals surface area contributed by atoms with Gasteiger partial charge in [0.25, 0.3) is 0 Å². The summed E-state index contributed by atoms with van der Waals surface area (Å²) < 4.78 is 11.8. The number of rotatable bonds is 2. The molecule has 0 aliphatic heterocycles. The van der Waals surface area contributed by atoms with E-state index in [0.29, 0.717) is 17.3 Å². The van der Waals surface area contributed by atoms with Gasteiger partial charge in [0.1, 0.15) is 12.2 Å². The summed E-state index contributed by atoms with van der Waals surface area (Å²) in [6.45, 7) is 7.99. The maximum absolute atomic E-state index is 11.9. The van der Waals surface area contributed by atoms with Crippen LogP contribution in [0.1, 0.15) is 79.1 Å². The van der Waals surface area contributed by atoms with Crippen LogP contribution in [0.25, 0.3) is 0 Å². The third-order valence-corrected chi connectivity index (χ3v) is 10.1. The summed E-state index contributed by atoms with van der Waals surface area (Å²) in [7, 11) is 0. The molecule has 0 bridgehead atoms. The fraction of sp³-hybridized carbons (Fsp3) is 0.913. The number of carbonyl (C=O) groups is 2. The van der Waals surface area contributed by atoms with E-state index in [0.717, 1.165) is 31.1 Å². The molecular weight excluding hydrogens is 340 g/mol. The molecule has 0 aromatic rings. The van der Waals surface area contributed by atoms with Crippen LogP contribution in [0.15, 0.2) is 0 Å². The Hall–Kier alpha value is -1.06. The van der Waals surface area contributed by atoms with Crippen LogP contribution in [-0.2, 0) is 19.1 Å². The molecule has 9 atom stereocenters. The van der Waals surface area contributed by atoms with Crippen molar-refractivity contribution in [1.82, 2.24) is 0 Å². The van der Waals surface area contributed by atoms with Crippen molar-refractivity contribution < 1.29 is 19.1 Å². The molecule has 4 heteroatoms. The lowest BCUT2D eigenvalue weighted by Gasteiger charge is -2.60. The van der Waals surface area contributed by atoms with Gasteiger partial charge in [0, 0.05) is 24.7 Å². The molecule has 5 aliphatic rings. The summed E-state index contributed by atoms with van der Waals surface area (Å²) in [6.07, 6.45) is 9.63. The van der Waals surface area contributed by atoms with Gasteiger partial charge in [0.05, 0.1) is 0 Å². The Morgan fingerprint density at radius 1 is 0.852 bits per heavy atom. The first-order valence-electron chi connectivity index (χ1n) is 11.1. The SMILES string of the molecule is CC(=O)O[C@H]1C[C@H]2[C@H]3CC[C@@H](OC(C)=O)[C@@]3(C)CC[C@@H]2[C@@]2(C)CC[C@@H]3C[C@]312. The molecule has 0 aromatic carbocycles. The number of ether oxygens (including phenoxy) is 2. The van der Waals surface area contributed by atoms with E-state index in [9.17, 15) is 9.59 Å². The zero-order valence-electron chi connectivity index (χ0n) is 17.3. The highest BCUT2D eigenvalue weighted by Gasteiger charge is 2.78. The topological polar surface area (TPSA) is 52.6 Å². The lowest BCUT2D eigenvalue weighted by molar-refractivity contribution is -0.187. The zero-order valence-corrected chi connectivity index (χ0v) is 17.3. The van der Waals surface area contributed by atoms with Crippen molar-refractivity contribution in [3.63, 3.8) is 0 Å². The Morgan fingerprint density at radius 2 is 1.56 bits per heavy atom. The van der Waals surface area contributed by atoms with Crippen molar-refractivity contribution >= 4 is 11.9 Å². The van der Waals surface area contributed by atoms with Crippen LogP contribution in [0.5, 0.6) is 0 Å². The van der Waals surface area contributed by atoms with Crippen LogP contribution in [0.3, 0.4) is 0 Å². The van der Waals surface area contributed by atoms with Crippen LogP contribution < -0.4 is 0 Å². The Bertz CT molecular complexity index is 688. The van der Waals surface area contributed by atoms with Gasteiger partial charge >= 0.3 is 11.9 Å². The Balaban J connectivity index is 1.48. The van der Waals surface area contributed by atoms with Gasteiger partial charge < -0.3 is 9.47 Å². The third kappa shape index (κ3) is 2.16. The molecule has 0 unspecified atom stereocenters. The fourth-order valence-electron chi connectivity index (χ4n) is 8.97. The van der Waals surface area contributed by atoms with E-state index in [4.69, 9.17) is 9.47 Å². The number of fused-ring (bicyclic) bond motifs is 4. The second kappa shape index (κ2) is 5.51. The van der Waals surface area contributed by atoms with Gasteiger partial charge in [-0.05, 0) is 80.5 Å². The van der Waals surface area contributed by atoms with Crippen LogP contribution in [-0.4, -0.2) is 24.1 Å². The lowest BCUT2D eigenvalue weighted by Crippen LogP contribution is -2.57. The van der Waals surface area contributed by atoms with Crippen molar-refractivity contribution in [3.8, 4) is 0 Å². The summed E-state index contributed by atoms with van der Waals surface area (Å²) in [6, 6.07) is 0. The second-order valence-corrected chi connectivity index (χ2v) is 10.8. The smallest absolute Gasteiger partial charge is 0.302 e. The molecule has 0 saturated heterocycles. The van der Waals surface area contributed by atoms with Crippen molar-refractivity contribution in [2.24, 2.45) is 39.9 Å². The van der Waals surface area contributed by atoms with Gasteiger partial charge in [-0.3, -0.25) is 9.59 Å². The van der Waals surface area contributed by atoms with E-state index in [1.807, 2.05) is 0 Å². The first-order valence-corrected chi connectivity index (χ1v) is 11.1. The molecule has 0 heterocycles. The van der Waals surface area contributed by atoms with E-state index in [2.05, 4.69) is 13.8 Å². The van der Waals surface area contributed by atoms with Crippen molar-refractivity contribution in [3.05, 3.63) is 0 Å². The van der Waals surface area contributed by atoms with Gasteiger partial charge in [0.2, 0.25) is 0 Å². The normalized spacial score (nSPS) is 55.0. The molecule has 1 spiro atoms. The number of hydrogen-bond acceptors (Lipinski definition) is 4. The predicted molar refractivity (Wildman–Crippen MR) is 101 cm³/mol. The highest BCUT2D eigenvalue weighted by atomic mass is 16.5. The minimum Gasteiger partial charge on any atom is -0.462 e. The van der Waals surface area contributed by atoms with Crippen LogP contribution in [0.4, 0.5) is 0 Å². The van der Waals surface area contributed by atoms with E-state index in [-0.39, 0.29) is 35.0 Å². The van der Waals surface area contributed by atoms with E-state index in [1.54, 1.807) is 6.92 Å². The Labute approximate surface area is 162 Å². The van der Waals surface area contributed by atoms with Crippen molar-refractivity contribution in [1.29, 1.82) is 0 Å². The van der Waals surface area contributed by atoms with E-state index in [1.165, 1.54) is 39.0 Å². The van der Waals surface area contributed by atoms with Gasteiger partial charge in [-0.2, -0.15) is 0 Å². The molecular formula is C23H34O4. The fourth-order valence-corrected chi connectivity index (χ4v) is 8.97. The summed E-state index contributed by atoms with van der Waals surface area (Å²) >= 11 is 0. The molecule has 5 fully saturated rings. The number of carbonyl (C=O) groups excluding carboxylic acids is 2. The molecule has 5 aliphatic carbocycles. The number of esters is 2. The molecule has 0 radical (unpaired) electrons. The first kappa shape index (κ1) is 18.0. The average Bonchev–Trinajstić information content (AvgIpc) is 3.12. The van der Waals surface area contributed by atoms with Gasteiger partial charge in [0.15, 0.2) is 0 Å². The second-order valence-electron chi connectivity index (χ2n) is 10.8. The Kier molecular flexibility index (Phi) is 3.67. The highest BCUT2D eigenvalue weighted by Crippen LogP contribution is 2.82. The summed E-state index contributed by atoms with van der Waals surface area (Å²) in [5.41, 5.74) is 0.680. The molecule has 0 N–H and O–H groups in total. The maximum atomic E-state index is 11.9. The largest absolute Gasteiger partial charge is 0.462 e. The molecule has 0 amide bonds. The molecule has 150 valence electrons. The predicted octanol–water partition coefficient (Wildman–Crippen LogP) is 4.50. The van der Waals surface area contributed by atoms with Gasteiger partial charge in [-0.1, -0.05) is 13.8 Å². The van der Waals surface area contributed by atoms with Gasteiger partial charge in [-0.15, -0.1) is 0 Å². The minimum absolute atomic E-state index is 0.0640. The van der Waals surface area contributed by atoms with Gasteiger partial charge in [-0.25, -0.2) is 0 Å². The third-order valence-electron chi connectivity index (χ3n) is 10.1. The minimum atomic E-state index is -0.145. The molecule has 4 nitrogen and oxygen atoms in total. The lowest BCUT2D eigenvalue weighted by atomic mass is 9.46. The maximum Gasteiger partial charge on any atom is 0.302 e. The zero-order chi connectivity index (χ0) is 19.2. The molecule has 0 aromatic heterocycles. The molecule has 5 saturated carbocycles. The molecule has 27 heavy (non-hydrogen) atoms. The Morgan fingerprint density at radius 3 is 2.22 bits per heavy atom.